The van der Waals surface area contributed by atoms with Gasteiger partial charge in [0.25, 0.3) is 0 Å². The third-order valence-electron chi connectivity index (χ3n) is 3.10. The highest BCUT2D eigenvalue weighted by Gasteiger charge is 2.19. The molecule has 0 saturated carbocycles. The molecule has 0 aliphatic carbocycles. The van der Waals surface area contributed by atoms with Gasteiger partial charge in [-0.3, -0.25) is 0 Å². The maximum atomic E-state index is 11.6. The molecule has 1 saturated heterocycles. The molecule has 0 amide bonds. The van der Waals surface area contributed by atoms with E-state index in [1.165, 1.54) is 0 Å². The molecule has 0 unspecified atom stereocenters. The highest BCUT2D eigenvalue weighted by atomic mass is 79.9. The van der Waals surface area contributed by atoms with E-state index in [4.69, 9.17) is 11.6 Å². The van der Waals surface area contributed by atoms with Gasteiger partial charge in [-0.1, -0.05) is 33.6 Å². The molecule has 1 heterocycles. The monoisotopic (exact) mass is 351 g/mol. The van der Waals surface area contributed by atoms with E-state index in [1.54, 1.807) is 0 Å². The van der Waals surface area contributed by atoms with Gasteiger partial charge >= 0.3 is 0 Å². The van der Waals surface area contributed by atoms with Crippen molar-refractivity contribution in [2.24, 2.45) is 0 Å². The zero-order chi connectivity index (χ0) is 13.2. The summed E-state index contributed by atoms with van der Waals surface area (Å²) < 4.78 is 23.1. The number of nitrogens with zero attached hydrogens (tertiary/aromatic N) is 1. The van der Waals surface area contributed by atoms with Crippen LogP contribution in [-0.2, 0) is 15.2 Å². The number of rotatable bonds is 2. The average molecular weight is 353 g/mol. The number of alkyl halides is 1. The summed E-state index contributed by atoms with van der Waals surface area (Å²) in [6, 6.07) is 5.89. The maximum Gasteiger partial charge on any atom is 0.152 e. The van der Waals surface area contributed by atoms with Crippen LogP contribution in [0.2, 0.25) is 5.02 Å². The van der Waals surface area contributed by atoms with Crippen LogP contribution in [0.5, 0.6) is 0 Å². The molecule has 1 aromatic carbocycles. The van der Waals surface area contributed by atoms with Gasteiger partial charge in [-0.25, -0.2) is 8.42 Å². The van der Waals surface area contributed by atoms with Crippen LogP contribution in [-0.4, -0.2) is 33.0 Å². The Morgan fingerprint density at radius 3 is 2.72 bits per heavy atom. The molecule has 0 atom stereocenters. The van der Waals surface area contributed by atoms with Gasteiger partial charge in [-0.05, 0) is 24.1 Å². The van der Waals surface area contributed by atoms with Gasteiger partial charge in [0.1, 0.15) is 0 Å². The lowest BCUT2D eigenvalue weighted by Crippen LogP contribution is -2.26. The summed E-state index contributed by atoms with van der Waals surface area (Å²) in [6.07, 6.45) is 0.681. The van der Waals surface area contributed by atoms with Gasteiger partial charge in [0.2, 0.25) is 0 Å². The Labute approximate surface area is 121 Å². The van der Waals surface area contributed by atoms with E-state index in [0.29, 0.717) is 13.0 Å². The molecule has 1 fully saturated rings. The number of hydrogen-bond donors (Lipinski definition) is 0. The van der Waals surface area contributed by atoms with Crippen molar-refractivity contribution in [3.63, 3.8) is 0 Å². The van der Waals surface area contributed by atoms with Gasteiger partial charge in [0, 0.05) is 29.1 Å². The van der Waals surface area contributed by atoms with Crippen molar-refractivity contribution in [2.45, 2.75) is 11.8 Å². The SMILES string of the molecule is O=S1(=O)CCCN(c2ccc(CBr)c(Cl)c2)CC1. The van der Waals surface area contributed by atoms with E-state index in [0.717, 1.165) is 28.1 Å². The van der Waals surface area contributed by atoms with Crippen molar-refractivity contribution in [3.05, 3.63) is 28.8 Å². The molecule has 1 aliphatic heterocycles. The lowest BCUT2D eigenvalue weighted by atomic mass is 10.2. The van der Waals surface area contributed by atoms with Crippen LogP contribution in [0.1, 0.15) is 12.0 Å². The number of benzene rings is 1. The molecular formula is C12H15BrClNO2S. The molecule has 0 radical (unpaired) electrons. The standard InChI is InChI=1S/C12H15BrClNO2S/c13-9-10-2-3-11(8-12(10)14)15-4-1-6-18(16,17)7-5-15/h2-3,8H,1,4-7,9H2. The fourth-order valence-corrected chi connectivity index (χ4v) is 4.20. The molecular weight excluding hydrogens is 338 g/mol. The third-order valence-corrected chi connectivity index (χ3v) is 5.77. The third kappa shape index (κ3) is 3.39. The van der Waals surface area contributed by atoms with Gasteiger partial charge < -0.3 is 4.90 Å². The van der Waals surface area contributed by atoms with Crippen molar-refractivity contribution in [1.82, 2.24) is 0 Å². The summed E-state index contributed by atoms with van der Waals surface area (Å²) in [7, 11) is -2.87. The number of anilines is 1. The zero-order valence-corrected chi connectivity index (χ0v) is 13.1. The first kappa shape index (κ1) is 14.2. The van der Waals surface area contributed by atoms with Gasteiger partial charge in [0.05, 0.1) is 11.5 Å². The van der Waals surface area contributed by atoms with Crippen LogP contribution in [0.3, 0.4) is 0 Å². The number of halogens is 2. The van der Waals surface area contributed by atoms with E-state index < -0.39 is 9.84 Å². The molecule has 0 N–H and O–H groups in total. The predicted octanol–water partition coefficient (Wildman–Crippen LogP) is 2.86. The quantitative estimate of drug-likeness (QED) is 0.768. The van der Waals surface area contributed by atoms with E-state index in [1.807, 2.05) is 18.2 Å². The van der Waals surface area contributed by atoms with Crippen LogP contribution in [0.25, 0.3) is 0 Å². The Morgan fingerprint density at radius 1 is 1.28 bits per heavy atom. The van der Waals surface area contributed by atoms with Crippen LogP contribution in [0.15, 0.2) is 18.2 Å². The minimum Gasteiger partial charge on any atom is -0.370 e. The molecule has 1 aromatic rings. The molecule has 100 valence electrons. The topological polar surface area (TPSA) is 37.4 Å². The predicted molar refractivity (Wildman–Crippen MR) is 79.6 cm³/mol. The minimum absolute atomic E-state index is 0.227. The number of sulfone groups is 1. The van der Waals surface area contributed by atoms with E-state index in [-0.39, 0.29) is 11.5 Å². The van der Waals surface area contributed by atoms with E-state index in [9.17, 15) is 8.42 Å². The van der Waals surface area contributed by atoms with Crippen molar-refractivity contribution in [1.29, 1.82) is 0 Å². The summed E-state index contributed by atoms with van der Waals surface area (Å²) in [5.74, 6) is 0.515. The molecule has 0 spiro atoms. The first-order valence-corrected chi connectivity index (χ1v) is 9.14. The van der Waals surface area contributed by atoms with Gasteiger partial charge in [-0.15, -0.1) is 0 Å². The zero-order valence-electron chi connectivity index (χ0n) is 9.90. The van der Waals surface area contributed by atoms with Crippen LogP contribution in [0.4, 0.5) is 5.69 Å². The first-order chi connectivity index (χ1) is 8.52. The highest BCUT2D eigenvalue weighted by Crippen LogP contribution is 2.26. The first-order valence-electron chi connectivity index (χ1n) is 5.81. The molecule has 0 bridgehead atoms. The summed E-state index contributed by atoms with van der Waals surface area (Å²) in [5, 5.41) is 1.44. The minimum atomic E-state index is -2.87. The second kappa shape index (κ2) is 5.80. The van der Waals surface area contributed by atoms with Crippen LogP contribution < -0.4 is 4.90 Å². The molecule has 18 heavy (non-hydrogen) atoms. The normalized spacial score (nSPS) is 19.6. The smallest absolute Gasteiger partial charge is 0.152 e. The fourth-order valence-electron chi connectivity index (χ4n) is 2.04. The van der Waals surface area contributed by atoms with E-state index in [2.05, 4.69) is 20.8 Å². The Hall–Kier alpha value is -0.260. The Balaban J connectivity index is 2.19. The summed E-state index contributed by atoms with van der Waals surface area (Å²) in [5.41, 5.74) is 2.05. The maximum absolute atomic E-state index is 11.6. The van der Waals surface area contributed by atoms with Crippen molar-refractivity contribution < 1.29 is 8.42 Å². The summed E-state index contributed by atoms with van der Waals surface area (Å²) >= 11 is 9.55. The van der Waals surface area contributed by atoms with Crippen molar-refractivity contribution in [2.75, 3.05) is 29.5 Å². The lowest BCUT2D eigenvalue weighted by Gasteiger charge is -2.22. The molecule has 0 aromatic heterocycles. The second-order valence-corrected chi connectivity index (χ2v) is 7.67. The summed E-state index contributed by atoms with van der Waals surface area (Å²) in [6.45, 7) is 1.32. The average Bonchev–Trinajstić information content (AvgIpc) is 2.50. The van der Waals surface area contributed by atoms with Gasteiger partial charge in [-0.2, -0.15) is 0 Å². The second-order valence-electron chi connectivity index (χ2n) is 4.40. The van der Waals surface area contributed by atoms with E-state index >= 15 is 0 Å². The van der Waals surface area contributed by atoms with Crippen LogP contribution in [0, 0.1) is 0 Å². The van der Waals surface area contributed by atoms with Crippen molar-refractivity contribution in [3.8, 4) is 0 Å². The molecule has 1 aliphatic rings. The largest absolute Gasteiger partial charge is 0.370 e. The van der Waals surface area contributed by atoms with Crippen LogP contribution >= 0.6 is 27.5 Å². The Kier molecular flexibility index (Phi) is 4.56. The highest BCUT2D eigenvalue weighted by molar-refractivity contribution is 9.08. The Bertz CT molecular complexity index is 533. The van der Waals surface area contributed by atoms with Crippen molar-refractivity contribution >= 4 is 43.1 Å². The van der Waals surface area contributed by atoms with Gasteiger partial charge in [0.15, 0.2) is 9.84 Å². The summed E-state index contributed by atoms with van der Waals surface area (Å²) in [4.78, 5) is 2.09. The molecule has 2 rings (SSSR count). The molecule has 6 heteroatoms. The lowest BCUT2D eigenvalue weighted by molar-refractivity contribution is 0.597. The molecule has 3 nitrogen and oxygen atoms in total. The number of hydrogen-bond acceptors (Lipinski definition) is 3. The fraction of sp³-hybridized carbons (Fsp3) is 0.500. The Morgan fingerprint density at radius 2 is 2.06 bits per heavy atom.